The summed E-state index contributed by atoms with van der Waals surface area (Å²) in [5.41, 5.74) is 1.96. The standard InChI is InChI=1S/C17H19ClN2O/c1-10(2)13-6-4-5-7-14(13)21-17-11(3)15(18)19-16(20-17)12-8-9-12/h4-7,10,12H,8-9H2,1-3H3. The van der Waals surface area contributed by atoms with Gasteiger partial charge in [-0.15, -0.1) is 0 Å². The Morgan fingerprint density at radius 1 is 1.19 bits per heavy atom. The molecule has 1 aromatic carbocycles. The van der Waals surface area contributed by atoms with Crippen molar-refractivity contribution in [1.82, 2.24) is 9.97 Å². The summed E-state index contributed by atoms with van der Waals surface area (Å²) in [6.45, 7) is 6.20. The maximum absolute atomic E-state index is 6.23. The molecule has 0 amide bonds. The number of benzene rings is 1. The third-order valence-corrected chi connectivity index (χ3v) is 4.12. The highest BCUT2D eigenvalue weighted by Crippen LogP contribution is 2.40. The Hall–Kier alpha value is -1.61. The first-order valence-corrected chi connectivity index (χ1v) is 7.75. The molecule has 4 heteroatoms. The van der Waals surface area contributed by atoms with Crippen LogP contribution in [0.1, 0.15) is 55.5 Å². The fourth-order valence-corrected chi connectivity index (χ4v) is 2.43. The Morgan fingerprint density at radius 3 is 2.57 bits per heavy atom. The molecular weight excluding hydrogens is 284 g/mol. The van der Waals surface area contributed by atoms with Gasteiger partial charge in [-0.25, -0.2) is 4.98 Å². The summed E-state index contributed by atoms with van der Waals surface area (Å²) in [5.74, 6) is 3.06. The maximum atomic E-state index is 6.23. The molecule has 0 N–H and O–H groups in total. The highest BCUT2D eigenvalue weighted by Gasteiger charge is 2.28. The average Bonchev–Trinajstić information content (AvgIpc) is 3.28. The van der Waals surface area contributed by atoms with E-state index in [1.807, 2.05) is 25.1 Å². The van der Waals surface area contributed by atoms with E-state index in [9.17, 15) is 0 Å². The molecule has 0 aliphatic heterocycles. The van der Waals surface area contributed by atoms with E-state index in [2.05, 4.69) is 29.9 Å². The molecule has 21 heavy (non-hydrogen) atoms. The van der Waals surface area contributed by atoms with Crippen molar-refractivity contribution >= 4 is 11.6 Å². The monoisotopic (exact) mass is 302 g/mol. The summed E-state index contributed by atoms with van der Waals surface area (Å²) in [6, 6.07) is 8.06. The number of nitrogens with zero attached hydrogens (tertiary/aromatic N) is 2. The van der Waals surface area contributed by atoms with Gasteiger partial charge >= 0.3 is 0 Å². The second-order valence-electron chi connectivity index (χ2n) is 5.87. The SMILES string of the molecule is Cc1c(Cl)nc(C2CC2)nc1Oc1ccccc1C(C)C. The van der Waals surface area contributed by atoms with Crippen molar-refractivity contribution in [3.05, 3.63) is 46.4 Å². The van der Waals surface area contributed by atoms with E-state index in [4.69, 9.17) is 16.3 Å². The highest BCUT2D eigenvalue weighted by atomic mass is 35.5. The van der Waals surface area contributed by atoms with Crippen molar-refractivity contribution in [2.24, 2.45) is 0 Å². The summed E-state index contributed by atoms with van der Waals surface area (Å²) < 4.78 is 6.07. The van der Waals surface area contributed by atoms with Crippen LogP contribution in [0.25, 0.3) is 0 Å². The summed E-state index contributed by atoms with van der Waals surface area (Å²) in [4.78, 5) is 8.94. The van der Waals surface area contributed by atoms with Gasteiger partial charge in [0.1, 0.15) is 16.7 Å². The molecule has 110 valence electrons. The minimum absolute atomic E-state index is 0.390. The molecule has 0 spiro atoms. The molecule has 0 atom stereocenters. The minimum atomic E-state index is 0.390. The van der Waals surface area contributed by atoms with Crippen molar-refractivity contribution in [1.29, 1.82) is 0 Å². The van der Waals surface area contributed by atoms with E-state index in [1.165, 1.54) is 5.56 Å². The van der Waals surface area contributed by atoms with Crippen molar-refractivity contribution in [2.75, 3.05) is 0 Å². The molecule has 2 aromatic rings. The van der Waals surface area contributed by atoms with E-state index in [0.717, 1.165) is 30.0 Å². The lowest BCUT2D eigenvalue weighted by Gasteiger charge is -2.15. The molecule has 0 radical (unpaired) electrons. The Balaban J connectivity index is 1.98. The number of para-hydroxylation sites is 1. The Labute approximate surface area is 130 Å². The van der Waals surface area contributed by atoms with Crippen LogP contribution in [-0.4, -0.2) is 9.97 Å². The van der Waals surface area contributed by atoms with E-state index < -0.39 is 0 Å². The third-order valence-electron chi connectivity index (χ3n) is 3.75. The van der Waals surface area contributed by atoms with Crippen LogP contribution >= 0.6 is 11.6 Å². The molecule has 0 unspecified atom stereocenters. The number of halogens is 1. The Bertz CT molecular complexity index is 666. The van der Waals surface area contributed by atoms with Gasteiger partial charge in [0, 0.05) is 11.5 Å². The smallest absolute Gasteiger partial charge is 0.227 e. The first-order chi connectivity index (χ1) is 10.1. The first-order valence-electron chi connectivity index (χ1n) is 7.37. The van der Waals surface area contributed by atoms with Crippen LogP contribution in [0, 0.1) is 6.92 Å². The van der Waals surface area contributed by atoms with E-state index in [0.29, 0.717) is 22.9 Å². The fraction of sp³-hybridized carbons (Fsp3) is 0.412. The molecule has 1 saturated carbocycles. The molecule has 3 nitrogen and oxygen atoms in total. The molecule has 0 saturated heterocycles. The van der Waals surface area contributed by atoms with Crippen molar-refractivity contribution in [3.8, 4) is 11.6 Å². The van der Waals surface area contributed by atoms with E-state index in [1.54, 1.807) is 0 Å². The van der Waals surface area contributed by atoms with Crippen LogP contribution in [0.15, 0.2) is 24.3 Å². The van der Waals surface area contributed by atoms with Gasteiger partial charge in [0.15, 0.2) is 0 Å². The van der Waals surface area contributed by atoms with Crippen LogP contribution in [-0.2, 0) is 0 Å². The van der Waals surface area contributed by atoms with Gasteiger partial charge in [-0.3, -0.25) is 0 Å². The lowest BCUT2D eigenvalue weighted by molar-refractivity contribution is 0.446. The van der Waals surface area contributed by atoms with Gasteiger partial charge in [0.25, 0.3) is 0 Å². The summed E-state index contributed by atoms with van der Waals surface area (Å²) >= 11 is 6.23. The van der Waals surface area contributed by atoms with Crippen LogP contribution in [0.4, 0.5) is 0 Å². The third kappa shape index (κ3) is 3.03. The zero-order valence-corrected chi connectivity index (χ0v) is 13.3. The van der Waals surface area contributed by atoms with Crippen LogP contribution in [0.5, 0.6) is 11.6 Å². The molecule has 1 aliphatic carbocycles. The van der Waals surface area contributed by atoms with Gasteiger partial charge in [-0.2, -0.15) is 4.98 Å². The van der Waals surface area contributed by atoms with Gasteiger partial charge in [-0.05, 0) is 37.3 Å². The fourth-order valence-electron chi connectivity index (χ4n) is 2.26. The van der Waals surface area contributed by atoms with Gasteiger partial charge in [-0.1, -0.05) is 43.6 Å². The van der Waals surface area contributed by atoms with Crippen LogP contribution in [0.2, 0.25) is 5.15 Å². The van der Waals surface area contributed by atoms with Crippen LogP contribution in [0.3, 0.4) is 0 Å². The molecule has 1 aromatic heterocycles. The number of hydrogen-bond donors (Lipinski definition) is 0. The first kappa shape index (κ1) is 14.3. The predicted molar refractivity (Wildman–Crippen MR) is 84.4 cm³/mol. The van der Waals surface area contributed by atoms with Gasteiger partial charge in [0.05, 0.1) is 0 Å². The molecule has 0 bridgehead atoms. The average molecular weight is 303 g/mol. The maximum Gasteiger partial charge on any atom is 0.227 e. The number of aromatic nitrogens is 2. The van der Waals surface area contributed by atoms with E-state index in [-0.39, 0.29) is 0 Å². The summed E-state index contributed by atoms with van der Waals surface area (Å²) in [5, 5.41) is 0.490. The molecule has 3 rings (SSSR count). The quantitative estimate of drug-likeness (QED) is 0.725. The van der Waals surface area contributed by atoms with Gasteiger partial charge < -0.3 is 4.74 Å². The lowest BCUT2D eigenvalue weighted by atomic mass is 10.0. The van der Waals surface area contributed by atoms with Crippen molar-refractivity contribution in [2.45, 2.75) is 45.4 Å². The molecule has 1 heterocycles. The predicted octanol–water partition coefficient (Wildman–Crippen LogP) is 5.23. The van der Waals surface area contributed by atoms with Crippen molar-refractivity contribution < 1.29 is 4.74 Å². The van der Waals surface area contributed by atoms with Crippen molar-refractivity contribution in [3.63, 3.8) is 0 Å². The Kier molecular flexibility index (Phi) is 3.85. The molecule has 1 fully saturated rings. The van der Waals surface area contributed by atoms with Gasteiger partial charge in [0.2, 0.25) is 5.88 Å². The zero-order valence-electron chi connectivity index (χ0n) is 12.6. The number of hydrogen-bond acceptors (Lipinski definition) is 3. The lowest BCUT2D eigenvalue weighted by Crippen LogP contribution is -2.01. The zero-order chi connectivity index (χ0) is 15.0. The second-order valence-corrected chi connectivity index (χ2v) is 6.23. The Morgan fingerprint density at radius 2 is 1.90 bits per heavy atom. The second kappa shape index (κ2) is 5.64. The summed E-state index contributed by atoms with van der Waals surface area (Å²) in [6.07, 6.45) is 2.28. The minimum Gasteiger partial charge on any atom is -0.438 e. The highest BCUT2D eigenvalue weighted by molar-refractivity contribution is 6.30. The van der Waals surface area contributed by atoms with E-state index >= 15 is 0 Å². The normalized spacial score (nSPS) is 14.5. The summed E-state index contributed by atoms with van der Waals surface area (Å²) in [7, 11) is 0. The largest absolute Gasteiger partial charge is 0.438 e. The number of ether oxygens (including phenoxy) is 1. The molecular formula is C17H19ClN2O. The number of rotatable bonds is 4. The van der Waals surface area contributed by atoms with Crippen LogP contribution < -0.4 is 4.74 Å². The topological polar surface area (TPSA) is 35.0 Å². The molecule has 1 aliphatic rings.